The van der Waals surface area contributed by atoms with E-state index in [0.717, 1.165) is 19.5 Å². The second kappa shape index (κ2) is 4.93. The minimum Gasteiger partial charge on any atom is -0.481 e. The molecule has 1 aliphatic heterocycles. The minimum absolute atomic E-state index is 0.0356. The van der Waals surface area contributed by atoms with Gasteiger partial charge in [-0.1, -0.05) is 24.3 Å². The van der Waals surface area contributed by atoms with Gasteiger partial charge in [-0.15, -0.1) is 0 Å². The lowest BCUT2D eigenvalue weighted by atomic mass is 9.94. The van der Waals surface area contributed by atoms with Gasteiger partial charge in [0.05, 0.1) is 11.8 Å². The van der Waals surface area contributed by atoms with Crippen molar-refractivity contribution < 1.29 is 14.7 Å². The van der Waals surface area contributed by atoms with Crippen LogP contribution in [0, 0.1) is 18.8 Å². The summed E-state index contributed by atoms with van der Waals surface area (Å²) < 4.78 is 0. The Kier molecular flexibility index (Phi) is 3.24. The van der Waals surface area contributed by atoms with Gasteiger partial charge in [0.25, 0.3) is 0 Å². The van der Waals surface area contributed by atoms with E-state index < -0.39 is 11.9 Å². The first-order valence-corrected chi connectivity index (χ1v) is 7.15. The van der Waals surface area contributed by atoms with Crippen LogP contribution in [0.4, 0.5) is 0 Å². The number of benzene rings is 1. The van der Waals surface area contributed by atoms with Gasteiger partial charge in [0.15, 0.2) is 0 Å². The summed E-state index contributed by atoms with van der Waals surface area (Å²) >= 11 is 0. The number of amides is 1. The van der Waals surface area contributed by atoms with Crippen LogP contribution in [0.25, 0.3) is 0 Å². The van der Waals surface area contributed by atoms with Gasteiger partial charge in [0.2, 0.25) is 5.91 Å². The van der Waals surface area contributed by atoms with Crippen LogP contribution in [0.2, 0.25) is 0 Å². The number of aryl methyl sites for hydroxylation is 1. The van der Waals surface area contributed by atoms with E-state index in [1.807, 2.05) is 17.0 Å². The van der Waals surface area contributed by atoms with Gasteiger partial charge in [-0.05, 0) is 30.9 Å². The van der Waals surface area contributed by atoms with Crippen molar-refractivity contribution in [3.05, 3.63) is 35.4 Å². The highest BCUT2D eigenvalue weighted by Crippen LogP contribution is 2.41. The fourth-order valence-corrected chi connectivity index (χ4v) is 3.23. The van der Waals surface area contributed by atoms with Crippen molar-refractivity contribution in [2.75, 3.05) is 13.1 Å². The van der Waals surface area contributed by atoms with Crippen LogP contribution in [0.5, 0.6) is 0 Å². The second-order valence-corrected chi connectivity index (χ2v) is 5.91. The molecule has 2 aliphatic rings. The van der Waals surface area contributed by atoms with Gasteiger partial charge in [-0.25, -0.2) is 0 Å². The summed E-state index contributed by atoms with van der Waals surface area (Å²) in [5.41, 5.74) is 2.58. The van der Waals surface area contributed by atoms with Crippen molar-refractivity contribution >= 4 is 11.9 Å². The maximum Gasteiger partial charge on any atom is 0.307 e. The summed E-state index contributed by atoms with van der Waals surface area (Å²) in [6, 6.07) is 8.29. The van der Waals surface area contributed by atoms with Gasteiger partial charge in [-0.3, -0.25) is 9.59 Å². The molecule has 0 radical (unpaired) electrons. The number of carboxylic acids is 1. The molecule has 1 N–H and O–H groups in total. The molecule has 20 heavy (non-hydrogen) atoms. The molecular formula is C16H19NO3. The average Bonchev–Trinajstić information content (AvgIpc) is 3.09. The molecule has 1 heterocycles. The maximum absolute atomic E-state index is 12.2. The Morgan fingerprint density at radius 1 is 1.25 bits per heavy atom. The number of nitrogens with zero attached hydrogens (tertiary/aromatic N) is 1. The topological polar surface area (TPSA) is 57.6 Å². The van der Waals surface area contributed by atoms with E-state index in [1.54, 1.807) is 0 Å². The van der Waals surface area contributed by atoms with Gasteiger partial charge >= 0.3 is 5.97 Å². The molecule has 3 atom stereocenters. The molecule has 1 saturated carbocycles. The number of rotatable bonds is 3. The molecule has 0 spiro atoms. The SMILES string of the molecule is Cc1ccccc1[C@@H]1CCN(C(=O)[C@@H]2C[C@@H]2C(=O)O)C1. The zero-order valence-corrected chi connectivity index (χ0v) is 11.6. The van der Waals surface area contributed by atoms with Crippen LogP contribution < -0.4 is 0 Å². The summed E-state index contributed by atoms with van der Waals surface area (Å²) in [5, 5.41) is 8.91. The molecule has 3 rings (SSSR count). The van der Waals surface area contributed by atoms with Crippen molar-refractivity contribution in [1.82, 2.24) is 4.90 Å². The van der Waals surface area contributed by atoms with E-state index in [4.69, 9.17) is 5.11 Å². The van der Waals surface area contributed by atoms with Crippen LogP contribution in [0.3, 0.4) is 0 Å². The lowest BCUT2D eigenvalue weighted by Crippen LogP contribution is -2.30. The number of aliphatic carboxylic acids is 1. The second-order valence-electron chi connectivity index (χ2n) is 5.91. The number of carboxylic acid groups (broad SMARTS) is 1. The quantitative estimate of drug-likeness (QED) is 0.916. The largest absolute Gasteiger partial charge is 0.481 e. The van der Waals surface area contributed by atoms with Crippen molar-refractivity contribution in [1.29, 1.82) is 0 Å². The Labute approximate surface area is 118 Å². The number of carbonyl (C=O) groups is 2. The first kappa shape index (κ1) is 13.2. The fourth-order valence-electron chi connectivity index (χ4n) is 3.23. The van der Waals surface area contributed by atoms with Crippen LogP contribution in [0.1, 0.15) is 29.9 Å². The van der Waals surface area contributed by atoms with E-state index in [1.165, 1.54) is 11.1 Å². The number of carbonyl (C=O) groups excluding carboxylic acids is 1. The Hall–Kier alpha value is -1.84. The molecular weight excluding hydrogens is 254 g/mol. The fraction of sp³-hybridized carbons (Fsp3) is 0.500. The van der Waals surface area contributed by atoms with Gasteiger partial charge in [0.1, 0.15) is 0 Å². The highest BCUT2D eigenvalue weighted by Gasteiger charge is 2.50. The molecule has 2 fully saturated rings. The highest BCUT2D eigenvalue weighted by molar-refractivity contribution is 5.89. The molecule has 0 unspecified atom stereocenters. The standard InChI is InChI=1S/C16H19NO3/c1-10-4-2-3-5-12(10)11-6-7-17(9-11)15(18)13-8-14(13)16(19)20/h2-5,11,13-14H,6-9H2,1H3,(H,19,20)/t11-,13-,14+/m1/s1. The van der Waals surface area contributed by atoms with Crippen LogP contribution in [-0.2, 0) is 9.59 Å². The maximum atomic E-state index is 12.2. The number of likely N-dealkylation sites (tertiary alicyclic amines) is 1. The molecule has 106 valence electrons. The molecule has 1 aliphatic carbocycles. The van der Waals surface area contributed by atoms with Crippen LogP contribution in [0.15, 0.2) is 24.3 Å². The first-order valence-electron chi connectivity index (χ1n) is 7.15. The van der Waals surface area contributed by atoms with Crippen molar-refractivity contribution in [3.63, 3.8) is 0 Å². The Balaban J connectivity index is 1.64. The molecule has 4 heteroatoms. The van der Waals surface area contributed by atoms with Crippen LogP contribution >= 0.6 is 0 Å². The van der Waals surface area contributed by atoms with E-state index in [9.17, 15) is 9.59 Å². The van der Waals surface area contributed by atoms with Gasteiger partial charge < -0.3 is 10.0 Å². The van der Waals surface area contributed by atoms with E-state index in [2.05, 4.69) is 19.1 Å². The predicted octanol–water partition coefficient (Wildman–Crippen LogP) is 2.03. The molecule has 1 amide bonds. The predicted molar refractivity (Wildman–Crippen MR) is 74.3 cm³/mol. The molecule has 1 saturated heterocycles. The molecule has 0 bridgehead atoms. The lowest BCUT2D eigenvalue weighted by Gasteiger charge is -2.17. The molecule has 1 aromatic rings. The summed E-state index contributed by atoms with van der Waals surface area (Å²) in [6.45, 7) is 3.58. The van der Waals surface area contributed by atoms with Gasteiger partial charge in [-0.2, -0.15) is 0 Å². The average molecular weight is 273 g/mol. The summed E-state index contributed by atoms with van der Waals surface area (Å²) in [5.74, 6) is -1.13. The Morgan fingerprint density at radius 2 is 2.00 bits per heavy atom. The monoisotopic (exact) mass is 273 g/mol. The third-order valence-corrected chi connectivity index (χ3v) is 4.55. The van der Waals surface area contributed by atoms with Crippen LogP contribution in [-0.4, -0.2) is 35.0 Å². The third-order valence-electron chi connectivity index (χ3n) is 4.55. The summed E-state index contributed by atoms with van der Waals surface area (Å²) in [6.07, 6.45) is 1.49. The summed E-state index contributed by atoms with van der Waals surface area (Å²) in [7, 11) is 0. The van der Waals surface area contributed by atoms with E-state index in [0.29, 0.717) is 12.3 Å². The first-order chi connectivity index (χ1) is 9.58. The van der Waals surface area contributed by atoms with E-state index in [-0.39, 0.29) is 11.8 Å². The van der Waals surface area contributed by atoms with Crippen molar-refractivity contribution in [3.8, 4) is 0 Å². The van der Waals surface area contributed by atoms with Crippen molar-refractivity contribution in [2.45, 2.75) is 25.7 Å². The number of hydrogen-bond donors (Lipinski definition) is 1. The number of hydrogen-bond acceptors (Lipinski definition) is 2. The lowest BCUT2D eigenvalue weighted by molar-refractivity contribution is -0.141. The third kappa shape index (κ3) is 2.30. The Morgan fingerprint density at radius 3 is 2.65 bits per heavy atom. The van der Waals surface area contributed by atoms with Gasteiger partial charge in [0, 0.05) is 19.0 Å². The smallest absolute Gasteiger partial charge is 0.307 e. The van der Waals surface area contributed by atoms with E-state index >= 15 is 0 Å². The highest BCUT2D eigenvalue weighted by atomic mass is 16.4. The zero-order valence-electron chi connectivity index (χ0n) is 11.6. The minimum atomic E-state index is -0.835. The zero-order chi connectivity index (χ0) is 14.3. The Bertz CT molecular complexity index is 554. The molecule has 1 aromatic carbocycles. The normalized spacial score (nSPS) is 28.4. The molecule has 0 aromatic heterocycles. The summed E-state index contributed by atoms with van der Waals surface area (Å²) in [4.78, 5) is 24.9. The van der Waals surface area contributed by atoms with Crippen molar-refractivity contribution in [2.24, 2.45) is 11.8 Å². The molecule has 4 nitrogen and oxygen atoms in total.